The molecule has 5 heteroatoms. The van der Waals surface area contributed by atoms with Crippen molar-refractivity contribution in [1.29, 1.82) is 0 Å². The highest BCUT2D eigenvalue weighted by atomic mass is 16.5. The Kier molecular flexibility index (Phi) is 3.47. The molecule has 5 nitrogen and oxygen atoms in total. The Hall–Kier alpha value is -2.95. The van der Waals surface area contributed by atoms with Gasteiger partial charge in [-0.1, -0.05) is 6.07 Å². The van der Waals surface area contributed by atoms with E-state index in [1.54, 1.807) is 37.4 Å². The SMILES string of the molecule is CC(=O)Oc1ccc2c(=O)c(-c3ccccn3)c(C)oc2c1. The van der Waals surface area contributed by atoms with Crippen LogP contribution in [0.15, 0.2) is 51.8 Å². The van der Waals surface area contributed by atoms with Gasteiger partial charge >= 0.3 is 5.97 Å². The van der Waals surface area contributed by atoms with Crippen LogP contribution in [0.1, 0.15) is 12.7 Å². The number of esters is 1. The highest BCUT2D eigenvalue weighted by Crippen LogP contribution is 2.25. The Bertz CT molecular complexity index is 913. The van der Waals surface area contributed by atoms with Crippen LogP contribution in [0, 0.1) is 6.92 Å². The molecule has 0 atom stereocenters. The van der Waals surface area contributed by atoms with Gasteiger partial charge in [0.25, 0.3) is 0 Å². The van der Waals surface area contributed by atoms with E-state index >= 15 is 0 Å². The van der Waals surface area contributed by atoms with E-state index in [2.05, 4.69) is 4.98 Å². The molecule has 3 rings (SSSR count). The smallest absolute Gasteiger partial charge is 0.308 e. The van der Waals surface area contributed by atoms with E-state index in [0.29, 0.717) is 33.7 Å². The van der Waals surface area contributed by atoms with Gasteiger partial charge in [0.2, 0.25) is 5.43 Å². The van der Waals surface area contributed by atoms with Crippen molar-refractivity contribution >= 4 is 16.9 Å². The number of hydrogen-bond acceptors (Lipinski definition) is 5. The Morgan fingerprint density at radius 1 is 1.23 bits per heavy atom. The van der Waals surface area contributed by atoms with Crippen molar-refractivity contribution in [3.05, 3.63) is 58.6 Å². The van der Waals surface area contributed by atoms with E-state index in [4.69, 9.17) is 9.15 Å². The van der Waals surface area contributed by atoms with Crippen molar-refractivity contribution in [3.8, 4) is 17.0 Å². The predicted octanol–water partition coefficient (Wildman–Crippen LogP) is 3.09. The summed E-state index contributed by atoms with van der Waals surface area (Å²) in [6.45, 7) is 3.03. The van der Waals surface area contributed by atoms with Gasteiger partial charge in [-0.05, 0) is 31.2 Å². The van der Waals surface area contributed by atoms with E-state index in [1.807, 2.05) is 6.07 Å². The predicted molar refractivity (Wildman–Crippen MR) is 81.8 cm³/mol. The zero-order chi connectivity index (χ0) is 15.7. The summed E-state index contributed by atoms with van der Waals surface area (Å²) in [6, 6.07) is 10.1. The summed E-state index contributed by atoms with van der Waals surface area (Å²) in [5, 5.41) is 0.419. The van der Waals surface area contributed by atoms with Gasteiger partial charge in [-0.3, -0.25) is 14.6 Å². The van der Waals surface area contributed by atoms with E-state index in [-0.39, 0.29) is 5.43 Å². The third kappa shape index (κ3) is 2.48. The minimum absolute atomic E-state index is 0.160. The van der Waals surface area contributed by atoms with Crippen LogP contribution in [-0.4, -0.2) is 11.0 Å². The molecule has 2 aromatic heterocycles. The molecule has 22 heavy (non-hydrogen) atoms. The van der Waals surface area contributed by atoms with Crippen LogP contribution in [0.2, 0.25) is 0 Å². The fourth-order valence-corrected chi connectivity index (χ4v) is 2.32. The molecule has 3 aromatic rings. The van der Waals surface area contributed by atoms with Gasteiger partial charge in [-0.2, -0.15) is 0 Å². The normalized spacial score (nSPS) is 10.6. The molecule has 0 fully saturated rings. The summed E-state index contributed by atoms with van der Waals surface area (Å²) in [7, 11) is 0. The largest absolute Gasteiger partial charge is 0.460 e. The number of nitrogens with zero attached hydrogens (tertiary/aromatic N) is 1. The Balaban J connectivity index is 2.22. The van der Waals surface area contributed by atoms with Crippen LogP contribution >= 0.6 is 0 Å². The molecule has 0 amide bonds. The van der Waals surface area contributed by atoms with E-state index < -0.39 is 5.97 Å². The van der Waals surface area contributed by atoms with Crippen LogP contribution in [0.3, 0.4) is 0 Å². The Morgan fingerprint density at radius 3 is 2.73 bits per heavy atom. The fraction of sp³-hybridized carbons (Fsp3) is 0.118. The number of fused-ring (bicyclic) bond motifs is 1. The quantitative estimate of drug-likeness (QED) is 0.536. The highest BCUT2D eigenvalue weighted by Gasteiger charge is 2.15. The van der Waals surface area contributed by atoms with Crippen LogP contribution in [-0.2, 0) is 4.79 Å². The number of aryl methyl sites for hydroxylation is 1. The van der Waals surface area contributed by atoms with Crippen molar-refractivity contribution in [3.63, 3.8) is 0 Å². The van der Waals surface area contributed by atoms with Crippen LogP contribution in [0.5, 0.6) is 5.75 Å². The Labute approximate surface area is 126 Å². The number of aromatic nitrogens is 1. The zero-order valence-corrected chi connectivity index (χ0v) is 12.1. The average Bonchev–Trinajstić information content (AvgIpc) is 2.47. The molecule has 2 heterocycles. The van der Waals surface area contributed by atoms with Gasteiger partial charge < -0.3 is 9.15 Å². The van der Waals surface area contributed by atoms with Crippen LogP contribution < -0.4 is 10.2 Å². The van der Waals surface area contributed by atoms with E-state index in [0.717, 1.165) is 0 Å². The van der Waals surface area contributed by atoms with Gasteiger partial charge in [0.1, 0.15) is 17.1 Å². The molecular formula is C17H13NO4. The second-order valence-corrected chi connectivity index (χ2v) is 4.83. The molecular weight excluding hydrogens is 282 g/mol. The number of pyridine rings is 1. The standard InChI is InChI=1S/C17H13NO4/c1-10-16(14-5-3-4-8-18-14)17(20)13-7-6-12(22-11(2)19)9-15(13)21-10/h3-9H,1-2H3. The first kappa shape index (κ1) is 14.0. The average molecular weight is 295 g/mol. The lowest BCUT2D eigenvalue weighted by atomic mass is 10.1. The Morgan fingerprint density at radius 2 is 2.05 bits per heavy atom. The molecule has 1 aromatic carbocycles. The molecule has 110 valence electrons. The van der Waals surface area contributed by atoms with Crippen molar-refractivity contribution in [2.24, 2.45) is 0 Å². The molecule has 0 N–H and O–H groups in total. The summed E-state index contributed by atoms with van der Waals surface area (Å²) < 4.78 is 10.7. The number of ether oxygens (including phenoxy) is 1. The second kappa shape index (κ2) is 5.44. The summed E-state index contributed by atoms with van der Waals surface area (Å²) in [5.74, 6) is 0.382. The third-order valence-corrected chi connectivity index (χ3v) is 3.22. The van der Waals surface area contributed by atoms with Crippen molar-refractivity contribution in [1.82, 2.24) is 4.98 Å². The van der Waals surface area contributed by atoms with Gasteiger partial charge in [0.05, 0.1) is 16.6 Å². The highest BCUT2D eigenvalue weighted by molar-refractivity contribution is 5.83. The maximum Gasteiger partial charge on any atom is 0.308 e. The fourth-order valence-electron chi connectivity index (χ4n) is 2.32. The molecule has 0 aliphatic rings. The van der Waals surface area contributed by atoms with Crippen LogP contribution in [0.25, 0.3) is 22.2 Å². The summed E-state index contributed by atoms with van der Waals surface area (Å²) in [4.78, 5) is 27.9. The summed E-state index contributed by atoms with van der Waals surface area (Å²) in [6.07, 6.45) is 1.63. The van der Waals surface area contributed by atoms with Gasteiger partial charge in [-0.25, -0.2) is 0 Å². The lowest BCUT2D eigenvalue weighted by Crippen LogP contribution is -2.09. The molecule has 0 radical (unpaired) electrons. The molecule has 0 spiro atoms. The maximum absolute atomic E-state index is 12.7. The van der Waals surface area contributed by atoms with Crippen molar-refractivity contribution in [2.75, 3.05) is 0 Å². The first-order valence-electron chi connectivity index (χ1n) is 6.73. The number of benzene rings is 1. The topological polar surface area (TPSA) is 69.4 Å². The van der Waals surface area contributed by atoms with Gasteiger partial charge in [0.15, 0.2) is 0 Å². The first-order chi connectivity index (χ1) is 10.6. The number of carbonyl (C=O) groups is 1. The molecule has 0 bridgehead atoms. The minimum atomic E-state index is -0.427. The summed E-state index contributed by atoms with van der Waals surface area (Å²) >= 11 is 0. The molecule has 0 aliphatic heterocycles. The maximum atomic E-state index is 12.7. The van der Waals surface area contributed by atoms with E-state index in [1.165, 1.54) is 13.0 Å². The lowest BCUT2D eigenvalue weighted by molar-refractivity contribution is -0.131. The number of rotatable bonds is 2. The number of hydrogen-bond donors (Lipinski definition) is 0. The summed E-state index contributed by atoms with van der Waals surface area (Å²) in [5.41, 5.74) is 1.22. The lowest BCUT2D eigenvalue weighted by Gasteiger charge is -2.07. The van der Waals surface area contributed by atoms with Gasteiger partial charge in [-0.15, -0.1) is 0 Å². The van der Waals surface area contributed by atoms with E-state index in [9.17, 15) is 9.59 Å². The van der Waals surface area contributed by atoms with Gasteiger partial charge in [0, 0.05) is 19.2 Å². The molecule has 0 unspecified atom stereocenters. The molecule has 0 aliphatic carbocycles. The molecule has 0 saturated carbocycles. The number of carbonyl (C=O) groups excluding carboxylic acids is 1. The second-order valence-electron chi connectivity index (χ2n) is 4.83. The zero-order valence-electron chi connectivity index (χ0n) is 12.1. The minimum Gasteiger partial charge on any atom is -0.460 e. The third-order valence-electron chi connectivity index (χ3n) is 3.22. The molecule has 0 saturated heterocycles. The van der Waals surface area contributed by atoms with Crippen molar-refractivity contribution in [2.45, 2.75) is 13.8 Å². The monoisotopic (exact) mass is 295 g/mol. The van der Waals surface area contributed by atoms with Crippen LogP contribution in [0.4, 0.5) is 0 Å². The van der Waals surface area contributed by atoms with Crippen molar-refractivity contribution < 1.29 is 13.9 Å². The first-order valence-corrected chi connectivity index (χ1v) is 6.73.